The second-order valence-corrected chi connectivity index (χ2v) is 6.87. The molecular formula is C17H30N4O2. The van der Waals surface area contributed by atoms with Crippen LogP contribution >= 0.6 is 0 Å². The SMILES string of the molecule is CCO[C@@H](C)c1noc(CN2CCN(CC3CCCC3)CC2)n1. The Hall–Kier alpha value is -0.980. The Morgan fingerprint density at radius 1 is 1.17 bits per heavy atom. The number of piperazine rings is 1. The fraction of sp³-hybridized carbons (Fsp3) is 0.882. The van der Waals surface area contributed by atoms with Crippen LogP contribution in [0.25, 0.3) is 0 Å². The zero-order chi connectivity index (χ0) is 16.1. The van der Waals surface area contributed by atoms with Crippen LogP contribution in [0, 0.1) is 5.92 Å². The molecule has 0 spiro atoms. The minimum absolute atomic E-state index is 0.0965. The lowest BCUT2D eigenvalue weighted by Crippen LogP contribution is -2.47. The standard InChI is InChI=1S/C17H30N4O2/c1-3-22-14(2)17-18-16(23-19-17)13-21-10-8-20(9-11-21)12-15-6-4-5-7-15/h14-15H,3-13H2,1-2H3/t14-/m0/s1. The maximum atomic E-state index is 5.50. The van der Waals surface area contributed by atoms with E-state index >= 15 is 0 Å². The van der Waals surface area contributed by atoms with Crippen LogP contribution in [-0.2, 0) is 11.3 Å². The van der Waals surface area contributed by atoms with Gasteiger partial charge in [-0.1, -0.05) is 18.0 Å². The first-order chi connectivity index (χ1) is 11.2. The molecule has 1 aliphatic heterocycles. The van der Waals surface area contributed by atoms with Crippen molar-refractivity contribution >= 4 is 0 Å². The van der Waals surface area contributed by atoms with Gasteiger partial charge in [0.15, 0.2) is 5.82 Å². The van der Waals surface area contributed by atoms with E-state index in [1.54, 1.807) is 0 Å². The summed E-state index contributed by atoms with van der Waals surface area (Å²) < 4.78 is 10.9. The van der Waals surface area contributed by atoms with Gasteiger partial charge in [-0.05, 0) is 32.6 Å². The molecule has 0 aromatic carbocycles. The first kappa shape index (κ1) is 16.9. The third-order valence-electron chi connectivity index (χ3n) is 5.08. The summed E-state index contributed by atoms with van der Waals surface area (Å²) in [6, 6.07) is 0. The molecule has 1 atom stereocenters. The van der Waals surface area contributed by atoms with E-state index in [1.807, 2.05) is 13.8 Å². The summed E-state index contributed by atoms with van der Waals surface area (Å²) >= 11 is 0. The normalized spacial score (nSPS) is 22.7. The lowest BCUT2D eigenvalue weighted by Gasteiger charge is -2.35. The highest BCUT2D eigenvalue weighted by atomic mass is 16.5. The van der Waals surface area contributed by atoms with E-state index in [0.29, 0.717) is 18.3 Å². The van der Waals surface area contributed by atoms with Crippen LogP contribution in [0.3, 0.4) is 0 Å². The van der Waals surface area contributed by atoms with Crippen LogP contribution < -0.4 is 0 Å². The summed E-state index contributed by atoms with van der Waals surface area (Å²) in [6.07, 6.45) is 5.64. The number of aromatic nitrogens is 2. The number of nitrogens with zero attached hydrogens (tertiary/aromatic N) is 4. The van der Waals surface area contributed by atoms with Gasteiger partial charge in [-0.2, -0.15) is 4.98 Å². The van der Waals surface area contributed by atoms with E-state index in [2.05, 4.69) is 19.9 Å². The van der Waals surface area contributed by atoms with Crippen molar-refractivity contribution in [2.45, 2.75) is 52.2 Å². The first-order valence-corrected chi connectivity index (χ1v) is 9.13. The van der Waals surface area contributed by atoms with E-state index in [1.165, 1.54) is 32.2 Å². The quantitative estimate of drug-likeness (QED) is 0.769. The summed E-state index contributed by atoms with van der Waals surface area (Å²) in [5.41, 5.74) is 0. The van der Waals surface area contributed by atoms with Crippen molar-refractivity contribution in [2.24, 2.45) is 5.92 Å². The van der Waals surface area contributed by atoms with E-state index in [0.717, 1.165) is 38.6 Å². The molecule has 3 rings (SSSR count). The maximum absolute atomic E-state index is 5.50. The molecule has 1 aromatic rings. The zero-order valence-corrected chi connectivity index (χ0v) is 14.5. The van der Waals surface area contributed by atoms with Gasteiger partial charge in [0, 0.05) is 39.3 Å². The van der Waals surface area contributed by atoms with Gasteiger partial charge in [-0.3, -0.25) is 4.90 Å². The predicted octanol–water partition coefficient (Wildman–Crippen LogP) is 2.47. The molecule has 0 radical (unpaired) electrons. The summed E-state index contributed by atoms with van der Waals surface area (Å²) in [5, 5.41) is 4.04. The third-order valence-corrected chi connectivity index (χ3v) is 5.08. The molecule has 0 amide bonds. The van der Waals surface area contributed by atoms with Crippen LogP contribution in [0.4, 0.5) is 0 Å². The van der Waals surface area contributed by atoms with Gasteiger partial charge in [0.05, 0.1) is 6.54 Å². The van der Waals surface area contributed by atoms with Crippen molar-refractivity contribution in [3.05, 3.63) is 11.7 Å². The zero-order valence-electron chi connectivity index (χ0n) is 14.5. The molecule has 0 N–H and O–H groups in total. The molecular weight excluding hydrogens is 292 g/mol. The van der Waals surface area contributed by atoms with E-state index in [4.69, 9.17) is 9.26 Å². The molecule has 6 nitrogen and oxygen atoms in total. The Labute approximate surface area is 139 Å². The smallest absolute Gasteiger partial charge is 0.240 e. The molecule has 130 valence electrons. The topological polar surface area (TPSA) is 54.6 Å². The predicted molar refractivity (Wildman–Crippen MR) is 88.0 cm³/mol. The largest absolute Gasteiger partial charge is 0.371 e. The summed E-state index contributed by atoms with van der Waals surface area (Å²) in [6.45, 7) is 11.1. The van der Waals surface area contributed by atoms with Gasteiger partial charge < -0.3 is 14.2 Å². The molecule has 2 fully saturated rings. The highest BCUT2D eigenvalue weighted by Crippen LogP contribution is 2.25. The Balaban J connectivity index is 1.41. The van der Waals surface area contributed by atoms with Crippen molar-refractivity contribution in [2.75, 3.05) is 39.3 Å². The number of hydrogen-bond donors (Lipinski definition) is 0. The molecule has 1 aliphatic carbocycles. The fourth-order valence-corrected chi connectivity index (χ4v) is 3.70. The average molecular weight is 322 g/mol. The molecule has 1 saturated carbocycles. The number of ether oxygens (including phenoxy) is 1. The summed E-state index contributed by atoms with van der Waals surface area (Å²) in [4.78, 5) is 9.51. The molecule has 1 aromatic heterocycles. The number of rotatable bonds is 7. The molecule has 1 saturated heterocycles. The van der Waals surface area contributed by atoms with Gasteiger partial charge >= 0.3 is 0 Å². The van der Waals surface area contributed by atoms with Crippen LogP contribution in [0.5, 0.6) is 0 Å². The monoisotopic (exact) mass is 322 g/mol. The minimum Gasteiger partial charge on any atom is -0.371 e. The lowest BCUT2D eigenvalue weighted by molar-refractivity contribution is 0.0683. The first-order valence-electron chi connectivity index (χ1n) is 9.13. The number of hydrogen-bond acceptors (Lipinski definition) is 6. The van der Waals surface area contributed by atoms with Crippen molar-refractivity contribution in [1.29, 1.82) is 0 Å². The molecule has 23 heavy (non-hydrogen) atoms. The summed E-state index contributed by atoms with van der Waals surface area (Å²) in [5.74, 6) is 2.30. The van der Waals surface area contributed by atoms with Gasteiger partial charge in [-0.15, -0.1) is 0 Å². The van der Waals surface area contributed by atoms with Crippen molar-refractivity contribution in [3.8, 4) is 0 Å². The highest BCUT2D eigenvalue weighted by molar-refractivity contribution is 4.90. The Bertz CT molecular complexity index is 465. The molecule has 2 heterocycles. The van der Waals surface area contributed by atoms with E-state index in [9.17, 15) is 0 Å². The molecule has 2 aliphatic rings. The maximum Gasteiger partial charge on any atom is 0.240 e. The van der Waals surface area contributed by atoms with Gasteiger partial charge in [0.1, 0.15) is 6.10 Å². The lowest BCUT2D eigenvalue weighted by atomic mass is 10.1. The molecule has 6 heteroatoms. The second-order valence-electron chi connectivity index (χ2n) is 6.87. The van der Waals surface area contributed by atoms with Gasteiger partial charge in [0.25, 0.3) is 0 Å². The molecule has 0 bridgehead atoms. The average Bonchev–Trinajstić information content (AvgIpc) is 3.21. The van der Waals surface area contributed by atoms with E-state index in [-0.39, 0.29) is 6.10 Å². The minimum atomic E-state index is -0.0965. The van der Waals surface area contributed by atoms with Crippen LogP contribution in [0.15, 0.2) is 4.52 Å². The van der Waals surface area contributed by atoms with E-state index < -0.39 is 0 Å². The van der Waals surface area contributed by atoms with Crippen LogP contribution in [-0.4, -0.2) is 59.3 Å². The van der Waals surface area contributed by atoms with Crippen LogP contribution in [0.2, 0.25) is 0 Å². The fourth-order valence-electron chi connectivity index (χ4n) is 3.70. The second kappa shape index (κ2) is 8.22. The van der Waals surface area contributed by atoms with Gasteiger partial charge in [-0.25, -0.2) is 0 Å². The Kier molecular flexibility index (Phi) is 6.02. The van der Waals surface area contributed by atoms with Crippen molar-refractivity contribution in [1.82, 2.24) is 19.9 Å². The molecule has 0 unspecified atom stereocenters. The third kappa shape index (κ3) is 4.75. The Morgan fingerprint density at radius 2 is 1.87 bits per heavy atom. The van der Waals surface area contributed by atoms with Crippen LogP contribution in [0.1, 0.15) is 57.3 Å². The van der Waals surface area contributed by atoms with Crippen molar-refractivity contribution in [3.63, 3.8) is 0 Å². The summed E-state index contributed by atoms with van der Waals surface area (Å²) in [7, 11) is 0. The van der Waals surface area contributed by atoms with Crippen molar-refractivity contribution < 1.29 is 9.26 Å². The van der Waals surface area contributed by atoms with Gasteiger partial charge in [0.2, 0.25) is 5.89 Å². The Morgan fingerprint density at radius 3 is 2.57 bits per heavy atom. The highest BCUT2D eigenvalue weighted by Gasteiger charge is 2.23.